The zero-order valence-corrected chi connectivity index (χ0v) is 16.7. The quantitative estimate of drug-likeness (QED) is 0.606. The predicted octanol–water partition coefficient (Wildman–Crippen LogP) is 4.25. The molecule has 2 heterocycles. The Hall–Kier alpha value is -2.86. The highest BCUT2D eigenvalue weighted by atomic mass is 35.5. The lowest BCUT2D eigenvalue weighted by Crippen LogP contribution is -2.41. The van der Waals surface area contributed by atoms with E-state index in [4.69, 9.17) is 20.9 Å². The summed E-state index contributed by atoms with van der Waals surface area (Å²) >= 11 is 5.85. The number of amides is 1. The van der Waals surface area contributed by atoms with Crippen molar-refractivity contribution in [2.24, 2.45) is 5.92 Å². The SMILES string of the molecule is O=C(COc1ccc(Cl)cc1)N1CCC(Cc2nc(-c3ccccc3)no2)CC1. The van der Waals surface area contributed by atoms with Crippen molar-refractivity contribution in [3.8, 4) is 17.1 Å². The summed E-state index contributed by atoms with van der Waals surface area (Å²) in [4.78, 5) is 18.8. The van der Waals surface area contributed by atoms with Gasteiger partial charge in [0.25, 0.3) is 5.91 Å². The number of carbonyl (C=O) groups excluding carboxylic acids is 1. The third-order valence-corrected chi connectivity index (χ3v) is 5.36. The maximum absolute atomic E-state index is 12.4. The molecule has 3 aromatic rings. The molecule has 4 rings (SSSR count). The smallest absolute Gasteiger partial charge is 0.260 e. The van der Waals surface area contributed by atoms with Crippen LogP contribution in [0.4, 0.5) is 0 Å². The number of halogens is 1. The zero-order chi connectivity index (χ0) is 20.1. The fourth-order valence-electron chi connectivity index (χ4n) is 3.44. The molecule has 29 heavy (non-hydrogen) atoms. The summed E-state index contributed by atoms with van der Waals surface area (Å²) in [5.41, 5.74) is 0.948. The second-order valence-electron chi connectivity index (χ2n) is 7.15. The number of hydrogen-bond acceptors (Lipinski definition) is 5. The number of rotatable bonds is 6. The monoisotopic (exact) mass is 411 g/mol. The lowest BCUT2D eigenvalue weighted by atomic mass is 9.93. The van der Waals surface area contributed by atoms with Gasteiger partial charge in [-0.15, -0.1) is 0 Å². The molecule has 1 aromatic heterocycles. The van der Waals surface area contributed by atoms with E-state index in [0.29, 0.717) is 41.5 Å². The number of nitrogens with zero attached hydrogens (tertiary/aromatic N) is 3. The summed E-state index contributed by atoms with van der Waals surface area (Å²) < 4.78 is 11.0. The highest BCUT2D eigenvalue weighted by Crippen LogP contribution is 2.23. The Morgan fingerprint density at radius 1 is 1.10 bits per heavy atom. The van der Waals surface area contributed by atoms with Crippen LogP contribution in [0.15, 0.2) is 59.1 Å². The molecular formula is C22H22ClN3O3. The van der Waals surface area contributed by atoms with E-state index in [0.717, 1.165) is 24.8 Å². The Morgan fingerprint density at radius 2 is 1.83 bits per heavy atom. The molecule has 2 aromatic carbocycles. The average Bonchev–Trinajstić information content (AvgIpc) is 3.23. The second kappa shape index (κ2) is 9.09. The third-order valence-electron chi connectivity index (χ3n) is 5.11. The van der Waals surface area contributed by atoms with Crippen molar-refractivity contribution < 1.29 is 14.1 Å². The van der Waals surface area contributed by atoms with Gasteiger partial charge in [0.05, 0.1) is 0 Å². The standard InChI is InChI=1S/C22H22ClN3O3/c23-18-6-8-19(9-7-18)28-15-21(27)26-12-10-16(11-13-26)14-20-24-22(25-29-20)17-4-2-1-3-5-17/h1-9,16H,10-15H2. The molecule has 0 spiro atoms. The summed E-state index contributed by atoms with van der Waals surface area (Å²) in [6.45, 7) is 1.47. The van der Waals surface area contributed by atoms with E-state index in [9.17, 15) is 4.79 Å². The highest BCUT2D eigenvalue weighted by molar-refractivity contribution is 6.30. The number of ether oxygens (including phenoxy) is 1. The van der Waals surface area contributed by atoms with Gasteiger partial charge in [-0.2, -0.15) is 4.98 Å². The molecule has 0 unspecified atom stereocenters. The van der Waals surface area contributed by atoms with Crippen LogP contribution in [0.5, 0.6) is 5.75 Å². The summed E-state index contributed by atoms with van der Waals surface area (Å²) in [6.07, 6.45) is 2.56. The van der Waals surface area contributed by atoms with E-state index >= 15 is 0 Å². The van der Waals surface area contributed by atoms with E-state index in [1.165, 1.54) is 0 Å². The van der Waals surface area contributed by atoms with Crippen molar-refractivity contribution in [1.29, 1.82) is 0 Å². The molecular weight excluding hydrogens is 390 g/mol. The number of likely N-dealkylation sites (tertiary alicyclic amines) is 1. The maximum atomic E-state index is 12.4. The minimum Gasteiger partial charge on any atom is -0.484 e. The zero-order valence-electron chi connectivity index (χ0n) is 16.0. The van der Waals surface area contributed by atoms with Crippen LogP contribution in [0.3, 0.4) is 0 Å². The average molecular weight is 412 g/mol. The number of carbonyl (C=O) groups is 1. The molecule has 0 saturated carbocycles. The van der Waals surface area contributed by atoms with Gasteiger partial charge in [-0.3, -0.25) is 4.79 Å². The van der Waals surface area contributed by atoms with Crippen LogP contribution >= 0.6 is 11.6 Å². The van der Waals surface area contributed by atoms with Gasteiger partial charge in [0.15, 0.2) is 6.61 Å². The first-order valence-electron chi connectivity index (χ1n) is 9.71. The maximum Gasteiger partial charge on any atom is 0.260 e. The first-order chi connectivity index (χ1) is 14.2. The molecule has 0 bridgehead atoms. The van der Waals surface area contributed by atoms with Crippen molar-refractivity contribution in [3.63, 3.8) is 0 Å². The first kappa shape index (κ1) is 19.5. The van der Waals surface area contributed by atoms with Gasteiger partial charge in [-0.05, 0) is 43.0 Å². The second-order valence-corrected chi connectivity index (χ2v) is 7.59. The first-order valence-corrected chi connectivity index (χ1v) is 10.1. The van der Waals surface area contributed by atoms with Crippen molar-refractivity contribution in [2.45, 2.75) is 19.3 Å². The van der Waals surface area contributed by atoms with Crippen LogP contribution in [0.25, 0.3) is 11.4 Å². The number of piperidine rings is 1. The molecule has 0 radical (unpaired) electrons. The number of aromatic nitrogens is 2. The molecule has 6 nitrogen and oxygen atoms in total. The summed E-state index contributed by atoms with van der Waals surface area (Å²) in [5, 5.41) is 4.72. The van der Waals surface area contributed by atoms with Crippen molar-refractivity contribution in [3.05, 3.63) is 65.5 Å². The van der Waals surface area contributed by atoms with Crippen LogP contribution in [-0.4, -0.2) is 40.6 Å². The predicted molar refractivity (Wildman–Crippen MR) is 110 cm³/mol. The van der Waals surface area contributed by atoms with Gasteiger partial charge in [-0.1, -0.05) is 47.1 Å². The van der Waals surface area contributed by atoms with E-state index < -0.39 is 0 Å². The van der Waals surface area contributed by atoms with Gasteiger partial charge >= 0.3 is 0 Å². The Labute approximate surface area is 174 Å². The topological polar surface area (TPSA) is 68.5 Å². The van der Waals surface area contributed by atoms with E-state index in [1.54, 1.807) is 24.3 Å². The van der Waals surface area contributed by atoms with Crippen LogP contribution in [0.2, 0.25) is 5.02 Å². The van der Waals surface area contributed by atoms with Gasteiger partial charge in [-0.25, -0.2) is 0 Å². The third kappa shape index (κ3) is 5.15. The van der Waals surface area contributed by atoms with Crippen molar-refractivity contribution in [1.82, 2.24) is 15.0 Å². The Kier molecular flexibility index (Phi) is 6.10. The molecule has 0 atom stereocenters. The summed E-state index contributed by atoms with van der Waals surface area (Å²) in [6, 6.07) is 16.8. The molecule has 0 aliphatic carbocycles. The highest BCUT2D eigenvalue weighted by Gasteiger charge is 2.25. The molecule has 1 saturated heterocycles. The minimum atomic E-state index is 0.00236. The van der Waals surface area contributed by atoms with Crippen LogP contribution < -0.4 is 4.74 Å². The van der Waals surface area contributed by atoms with E-state index in [1.807, 2.05) is 35.2 Å². The van der Waals surface area contributed by atoms with E-state index in [-0.39, 0.29) is 12.5 Å². The minimum absolute atomic E-state index is 0.00236. The van der Waals surface area contributed by atoms with Gasteiger partial charge in [0, 0.05) is 30.1 Å². The van der Waals surface area contributed by atoms with Gasteiger partial charge in [0.1, 0.15) is 5.75 Å². The fraction of sp³-hybridized carbons (Fsp3) is 0.318. The number of benzene rings is 2. The number of hydrogen-bond donors (Lipinski definition) is 0. The molecule has 150 valence electrons. The van der Waals surface area contributed by atoms with E-state index in [2.05, 4.69) is 10.1 Å². The largest absolute Gasteiger partial charge is 0.484 e. The van der Waals surface area contributed by atoms with Crippen molar-refractivity contribution in [2.75, 3.05) is 19.7 Å². The Balaban J connectivity index is 1.23. The normalized spacial score (nSPS) is 14.7. The molecule has 7 heteroatoms. The van der Waals surface area contributed by atoms with Crippen LogP contribution in [0.1, 0.15) is 18.7 Å². The molecule has 1 aliphatic heterocycles. The fourth-order valence-corrected chi connectivity index (χ4v) is 3.57. The van der Waals surface area contributed by atoms with Gasteiger partial charge in [0.2, 0.25) is 11.7 Å². The van der Waals surface area contributed by atoms with Crippen LogP contribution in [0, 0.1) is 5.92 Å². The lowest BCUT2D eigenvalue weighted by Gasteiger charge is -2.31. The van der Waals surface area contributed by atoms with Crippen molar-refractivity contribution >= 4 is 17.5 Å². The molecule has 1 fully saturated rings. The molecule has 1 amide bonds. The van der Waals surface area contributed by atoms with Gasteiger partial charge < -0.3 is 14.2 Å². The lowest BCUT2D eigenvalue weighted by molar-refractivity contribution is -0.134. The summed E-state index contributed by atoms with van der Waals surface area (Å²) in [7, 11) is 0. The Bertz CT molecular complexity index is 935. The Morgan fingerprint density at radius 3 is 2.55 bits per heavy atom. The summed E-state index contributed by atoms with van der Waals surface area (Å²) in [5.74, 6) is 2.35. The van der Waals surface area contributed by atoms with Crippen LogP contribution in [-0.2, 0) is 11.2 Å². The molecule has 0 N–H and O–H groups in total. The molecule has 1 aliphatic rings.